The van der Waals surface area contributed by atoms with Crippen LogP contribution in [0.25, 0.3) is 0 Å². The smallest absolute Gasteiger partial charge is 0.244 e. The highest BCUT2D eigenvalue weighted by Gasteiger charge is 2.34. The molecule has 2 atom stereocenters. The van der Waals surface area contributed by atoms with E-state index in [1.54, 1.807) is 36.4 Å². The predicted octanol–water partition coefficient (Wildman–Crippen LogP) is 5.97. The molecule has 7 nitrogen and oxygen atoms in total. The van der Waals surface area contributed by atoms with Crippen molar-refractivity contribution in [1.82, 2.24) is 10.2 Å². The number of anilines is 1. The Labute approximate surface area is 251 Å². The van der Waals surface area contributed by atoms with Gasteiger partial charge in [0.25, 0.3) is 0 Å². The van der Waals surface area contributed by atoms with Gasteiger partial charge in [-0.1, -0.05) is 84.2 Å². The van der Waals surface area contributed by atoms with Crippen LogP contribution in [0.2, 0.25) is 15.1 Å². The molecule has 40 heavy (non-hydrogen) atoms. The number of nitrogens with one attached hydrogen (secondary N) is 1. The van der Waals surface area contributed by atoms with Crippen LogP contribution in [0.3, 0.4) is 0 Å². The number of carbonyl (C=O) groups is 2. The minimum atomic E-state index is -3.91. The molecule has 0 unspecified atom stereocenters. The molecule has 0 aliphatic carbocycles. The largest absolute Gasteiger partial charge is 0.352 e. The summed E-state index contributed by atoms with van der Waals surface area (Å²) >= 11 is 19.1. The lowest BCUT2D eigenvalue weighted by Crippen LogP contribution is -2.54. The number of benzene rings is 3. The summed E-state index contributed by atoms with van der Waals surface area (Å²) in [6, 6.07) is 19.3. The zero-order valence-electron chi connectivity index (χ0n) is 22.5. The molecule has 11 heteroatoms. The van der Waals surface area contributed by atoms with E-state index in [4.69, 9.17) is 34.8 Å². The van der Waals surface area contributed by atoms with Crippen LogP contribution in [0, 0.1) is 0 Å². The number of hydrogen-bond acceptors (Lipinski definition) is 4. The summed E-state index contributed by atoms with van der Waals surface area (Å²) in [5, 5.41) is 3.93. The Kier molecular flexibility index (Phi) is 11.3. The van der Waals surface area contributed by atoms with Crippen LogP contribution in [0.1, 0.15) is 31.4 Å². The van der Waals surface area contributed by atoms with Crippen molar-refractivity contribution in [3.05, 3.63) is 99.0 Å². The first-order valence-electron chi connectivity index (χ1n) is 12.7. The third-order valence-corrected chi connectivity index (χ3v) is 8.52. The zero-order valence-corrected chi connectivity index (χ0v) is 25.6. The maximum absolute atomic E-state index is 14.1. The van der Waals surface area contributed by atoms with Crippen molar-refractivity contribution in [3.63, 3.8) is 0 Å². The second kappa shape index (κ2) is 14.2. The average Bonchev–Trinajstić information content (AvgIpc) is 2.90. The molecule has 1 N–H and O–H groups in total. The van der Waals surface area contributed by atoms with E-state index in [0.717, 1.165) is 16.1 Å². The van der Waals surface area contributed by atoms with Crippen molar-refractivity contribution in [1.29, 1.82) is 0 Å². The maximum atomic E-state index is 14.1. The minimum Gasteiger partial charge on any atom is -0.352 e. The summed E-state index contributed by atoms with van der Waals surface area (Å²) in [5.74, 6) is -0.981. The molecule has 0 heterocycles. The van der Waals surface area contributed by atoms with Gasteiger partial charge in [0, 0.05) is 39.6 Å². The molecule has 0 fully saturated rings. The number of carbonyl (C=O) groups excluding carboxylic acids is 2. The molecule has 0 bridgehead atoms. The topological polar surface area (TPSA) is 86.8 Å². The van der Waals surface area contributed by atoms with Crippen LogP contribution in [-0.2, 0) is 32.6 Å². The van der Waals surface area contributed by atoms with E-state index in [0.29, 0.717) is 27.1 Å². The Balaban J connectivity index is 2.11. The van der Waals surface area contributed by atoms with Crippen molar-refractivity contribution >= 4 is 62.3 Å². The Morgan fingerprint density at radius 1 is 0.925 bits per heavy atom. The van der Waals surface area contributed by atoms with Gasteiger partial charge in [0.2, 0.25) is 21.8 Å². The van der Waals surface area contributed by atoms with Crippen molar-refractivity contribution < 1.29 is 18.0 Å². The number of amides is 2. The molecular weight excluding hydrogens is 593 g/mol. The number of rotatable bonds is 12. The Morgan fingerprint density at radius 3 is 2.12 bits per heavy atom. The maximum Gasteiger partial charge on any atom is 0.244 e. The lowest BCUT2D eigenvalue weighted by Gasteiger charge is -2.34. The van der Waals surface area contributed by atoms with Gasteiger partial charge in [-0.15, -0.1) is 0 Å². The van der Waals surface area contributed by atoms with E-state index >= 15 is 0 Å². The van der Waals surface area contributed by atoms with Crippen LogP contribution in [-0.4, -0.2) is 50.0 Å². The summed E-state index contributed by atoms with van der Waals surface area (Å²) in [4.78, 5) is 29.1. The average molecular weight is 625 g/mol. The molecule has 3 aromatic carbocycles. The summed E-state index contributed by atoms with van der Waals surface area (Å²) in [7, 11) is -3.91. The van der Waals surface area contributed by atoms with Crippen LogP contribution < -0.4 is 9.62 Å². The van der Waals surface area contributed by atoms with Gasteiger partial charge in [-0.05, 0) is 49.2 Å². The number of halogens is 3. The molecule has 0 aromatic heterocycles. The standard InChI is InChI=1S/C29H32Cl3N3O4S/c1-4-20(2)33-29(37)27(16-21-10-6-5-7-11-21)34(18-24-25(31)14-9-15-26(24)32)28(36)19-35(40(3,38)39)23-13-8-12-22(30)17-23/h5-15,17,20,27H,4,16,18-19H2,1-3H3,(H,33,37)/t20-,27-/m1/s1. The molecular formula is C29H32Cl3N3O4S. The van der Waals surface area contributed by atoms with E-state index in [9.17, 15) is 18.0 Å². The van der Waals surface area contributed by atoms with E-state index < -0.39 is 28.5 Å². The highest BCUT2D eigenvalue weighted by Crippen LogP contribution is 2.28. The predicted molar refractivity (Wildman–Crippen MR) is 162 cm³/mol. The third kappa shape index (κ3) is 8.61. The van der Waals surface area contributed by atoms with Crippen LogP contribution in [0.5, 0.6) is 0 Å². The SMILES string of the molecule is CC[C@@H](C)NC(=O)[C@@H](Cc1ccccc1)N(Cc1c(Cl)cccc1Cl)C(=O)CN(c1cccc(Cl)c1)S(C)(=O)=O. The summed E-state index contributed by atoms with van der Waals surface area (Å²) < 4.78 is 26.6. The van der Waals surface area contributed by atoms with E-state index in [1.807, 2.05) is 44.2 Å². The highest BCUT2D eigenvalue weighted by atomic mass is 35.5. The second-order valence-electron chi connectivity index (χ2n) is 9.49. The molecule has 3 rings (SSSR count). The van der Waals surface area contributed by atoms with Gasteiger partial charge < -0.3 is 10.2 Å². The third-order valence-electron chi connectivity index (χ3n) is 6.44. The van der Waals surface area contributed by atoms with E-state index in [-0.39, 0.29) is 30.6 Å². The van der Waals surface area contributed by atoms with Gasteiger partial charge in [0.15, 0.2) is 0 Å². The van der Waals surface area contributed by atoms with Gasteiger partial charge in [0.1, 0.15) is 12.6 Å². The van der Waals surface area contributed by atoms with Crippen molar-refractivity contribution in [2.75, 3.05) is 17.1 Å². The fraction of sp³-hybridized carbons (Fsp3) is 0.310. The lowest BCUT2D eigenvalue weighted by molar-refractivity contribution is -0.140. The molecule has 0 spiro atoms. The van der Waals surface area contributed by atoms with Gasteiger partial charge >= 0.3 is 0 Å². The fourth-order valence-electron chi connectivity index (χ4n) is 4.09. The van der Waals surface area contributed by atoms with E-state index in [1.165, 1.54) is 11.0 Å². The minimum absolute atomic E-state index is 0.115. The first-order valence-corrected chi connectivity index (χ1v) is 15.7. The Morgan fingerprint density at radius 2 is 1.55 bits per heavy atom. The summed E-state index contributed by atoms with van der Waals surface area (Å²) in [6.45, 7) is 3.14. The van der Waals surface area contributed by atoms with Crippen molar-refractivity contribution in [3.8, 4) is 0 Å². The summed E-state index contributed by atoms with van der Waals surface area (Å²) in [6.07, 6.45) is 1.88. The summed E-state index contributed by atoms with van der Waals surface area (Å²) in [5.41, 5.74) is 1.50. The second-order valence-corrected chi connectivity index (χ2v) is 12.7. The van der Waals surface area contributed by atoms with Gasteiger partial charge in [0.05, 0.1) is 11.9 Å². The van der Waals surface area contributed by atoms with Crippen molar-refractivity contribution in [2.24, 2.45) is 0 Å². The molecule has 0 saturated heterocycles. The molecule has 2 amide bonds. The molecule has 0 radical (unpaired) electrons. The van der Waals surface area contributed by atoms with Gasteiger partial charge in [-0.25, -0.2) is 8.42 Å². The lowest BCUT2D eigenvalue weighted by atomic mass is 10.0. The van der Waals surface area contributed by atoms with Gasteiger partial charge in [-0.2, -0.15) is 0 Å². The van der Waals surface area contributed by atoms with Crippen LogP contribution in [0.15, 0.2) is 72.8 Å². The Hall–Kier alpha value is -2.78. The zero-order chi connectivity index (χ0) is 29.4. The first-order chi connectivity index (χ1) is 18.9. The molecule has 0 saturated carbocycles. The normalized spacial score (nSPS) is 12.8. The van der Waals surface area contributed by atoms with Crippen LogP contribution in [0.4, 0.5) is 5.69 Å². The first kappa shape index (κ1) is 31.7. The van der Waals surface area contributed by atoms with Crippen LogP contribution >= 0.6 is 34.8 Å². The fourth-order valence-corrected chi connectivity index (χ4v) is 5.64. The molecule has 0 aliphatic rings. The number of hydrogen-bond donors (Lipinski definition) is 1. The van der Waals surface area contributed by atoms with Gasteiger partial charge in [-0.3, -0.25) is 13.9 Å². The quantitative estimate of drug-likeness (QED) is 0.269. The molecule has 3 aromatic rings. The van der Waals surface area contributed by atoms with E-state index in [2.05, 4.69) is 5.32 Å². The number of sulfonamides is 1. The van der Waals surface area contributed by atoms with Crippen molar-refractivity contribution in [2.45, 2.75) is 45.3 Å². The highest BCUT2D eigenvalue weighted by molar-refractivity contribution is 7.92. The monoisotopic (exact) mass is 623 g/mol. The Bertz CT molecular complexity index is 1420. The molecule has 0 aliphatic heterocycles. The molecule has 214 valence electrons. The number of nitrogens with zero attached hydrogens (tertiary/aromatic N) is 2.